The molecule has 3 aromatic rings. The molecule has 1 atom stereocenters. The number of amides is 1. The molecule has 1 aliphatic rings. The van der Waals surface area contributed by atoms with Gasteiger partial charge in [-0.2, -0.15) is 5.26 Å². The summed E-state index contributed by atoms with van der Waals surface area (Å²) >= 11 is 0. The number of aromatic nitrogens is 2. The molecule has 0 spiro atoms. The highest BCUT2D eigenvalue weighted by molar-refractivity contribution is 6.00. The molecule has 1 aliphatic carbocycles. The average molecular weight is 502 g/mol. The van der Waals surface area contributed by atoms with Gasteiger partial charge in [0.05, 0.1) is 36.7 Å². The zero-order valence-corrected chi connectivity index (χ0v) is 21.9. The molecule has 0 bridgehead atoms. The summed E-state index contributed by atoms with van der Waals surface area (Å²) in [5, 5.41) is 17.6. The minimum Gasteiger partial charge on any atom is -0.495 e. The number of nitrogens with one attached hydrogen (secondary N) is 2. The summed E-state index contributed by atoms with van der Waals surface area (Å²) in [7, 11) is 5.81. The van der Waals surface area contributed by atoms with Gasteiger partial charge in [-0.1, -0.05) is 18.2 Å². The molecule has 1 heterocycles. The first kappa shape index (κ1) is 26.2. The smallest absolute Gasteiger partial charge is 0.272 e. The maximum absolute atomic E-state index is 13.1. The van der Waals surface area contributed by atoms with Gasteiger partial charge < -0.3 is 26.0 Å². The van der Waals surface area contributed by atoms with E-state index in [1.54, 1.807) is 7.11 Å². The molecule has 1 aromatic heterocycles. The Morgan fingerprint density at radius 3 is 2.65 bits per heavy atom. The SMILES string of the molecule is COc1ccc2ccc(-c3ncc(N)c(C(=O)N[C@H]4CC[C@@H](N(C)C)CC4)n3)cc2c1NCC(C)C#N. The lowest BCUT2D eigenvalue weighted by Crippen LogP contribution is -2.42. The number of methoxy groups -OCH3 is 1. The second-order valence-electron chi connectivity index (χ2n) is 9.93. The predicted molar refractivity (Wildman–Crippen MR) is 146 cm³/mol. The molecule has 1 saturated carbocycles. The van der Waals surface area contributed by atoms with Crippen LogP contribution in [0.2, 0.25) is 0 Å². The van der Waals surface area contributed by atoms with Crippen LogP contribution in [0.5, 0.6) is 5.75 Å². The van der Waals surface area contributed by atoms with Crippen molar-refractivity contribution >= 4 is 28.1 Å². The Balaban J connectivity index is 1.61. The molecule has 9 heteroatoms. The number of hydrogen-bond donors (Lipinski definition) is 3. The van der Waals surface area contributed by atoms with E-state index in [2.05, 4.69) is 45.7 Å². The lowest BCUT2D eigenvalue weighted by Gasteiger charge is -2.32. The molecule has 194 valence electrons. The highest BCUT2D eigenvalue weighted by Gasteiger charge is 2.25. The summed E-state index contributed by atoms with van der Waals surface area (Å²) < 4.78 is 5.57. The summed E-state index contributed by atoms with van der Waals surface area (Å²) in [6, 6.07) is 12.6. The molecule has 1 unspecified atom stereocenters. The van der Waals surface area contributed by atoms with Crippen molar-refractivity contribution in [3.8, 4) is 23.2 Å². The number of carbonyl (C=O) groups excluding carboxylic acids is 1. The van der Waals surface area contributed by atoms with Gasteiger partial charge >= 0.3 is 0 Å². The normalized spacial score (nSPS) is 18.3. The standard InChI is InChI=1S/C28H35N7O2/c1-17(14-29)15-31-25-22-13-19(6-5-18(22)7-12-24(25)37-4)27-32-16-23(30)26(34-27)28(36)33-20-8-10-21(11-9-20)35(2)3/h5-7,12-13,16-17,20-21,31H,8-11,15,30H2,1-4H3,(H,33,36)/t17?,20-,21+. The van der Waals surface area contributed by atoms with Crippen LogP contribution in [-0.4, -0.2) is 60.6 Å². The Bertz CT molecular complexity index is 1310. The number of nitrogen functional groups attached to an aromatic ring is 1. The van der Waals surface area contributed by atoms with E-state index < -0.39 is 0 Å². The van der Waals surface area contributed by atoms with Crippen LogP contribution in [-0.2, 0) is 0 Å². The summed E-state index contributed by atoms with van der Waals surface area (Å²) in [6.07, 6.45) is 5.45. The van der Waals surface area contributed by atoms with Gasteiger partial charge in [-0.05, 0) is 64.2 Å². The Kier molecular flexibility index (Phi) is 8.09. The van der Waals surface area contributed by atoms with Gasteiger partial charge in [0.2, 0.25) is 0 Å². The Labute approximate surface area is 218 Å². The van der Waals surface area contributed by atoms with Crippen LogP contribution in [0.4, 0.5) is 11.4 Å². The summed E-state index contributed by atoms with van der Waals surface area (Å²) in [5.41, 5.74) is 8.10. The van der Waals surface area contributed by atoms with Crippen LogP contribution < -0.4 is 21.1 Å². The summed E-state index contributed by atoms with van der Waals surface area (Å²) in [5.74, 6) is 0.654. The Morgan fingerprint density at radius 1 is 1.24 bits per heavy atom. The van der Waals surface area contributed by atoms with E-state index in [1.165, 1.54) is 6.20 Å². The fourth-order valence-electron chi connectivity index (χ4n) is 4.79. The van der Waals surface area contributed by atoms with E-state index in [0.717, 1.165) is 47.7 Å². The van der Waals surface area contributed by atoms with Crippen molar-refractivity contribution in [2.45, 2.75) is 44.7 Å². The zero-order chi connectivity index (χ0) is 26.5. The van der Waals surface area contributed by atoms with Gasteiger partial charge in [0.25, 0.3) is 5.91 Å². The van der Waals surface area contributed by atoms with E-state index in [0.29, 0.717) is 24.2 Å². The van der Waals surface area contributed by atoms with Crippen LogP contribution in [0.15, 0.2) is 36.5 Å². The highest BCUT2D eigenvalue weighted by Crippen LogP contribution is 2.35. The van der Waals surface area contributed by atoms with E-state index in [9.17, 15) is 10.1 Å². The summed E-state index contributed by atoms with van der Waals surface area (Å²) in [4.78, 5) is 24.3. The molecular formula is C28H35N7O2. The molecule has 0 radical (unpaired) electrons. The lowest BCUT2D eigenvalue weighted by atomic mass is 9.90. The molecule has 0 saturated heterocycles. The first-order valence-corrected chi connectivity index (χ1v) is 12.6. The van der Waals surface area contributed by atoms with Gasteiger partial charge in [-0.25, -0.2) is 9.97 Å². The molecule has 4 N–H and O–H groups in total. The molecule has 37 heavy (non-hydrogen) atoms. The second kappa shape index (κ2) is 11.4. The van der Waals surface area contributed by atoms with Gasteiger partial charge in [-0.15, -0.1) is 0 Å². The third kappa shape index (κ3) is 5.92. The fourth-order valence-corrected chi connectivity index (χ4v) is 4.79. The monoisotopic (exact) mass is 501 g/mol. The van der Waals surface area contributed by atoms with Gasteiger partial charge in [0, 0.05) is 29.6 Å². The topological polar surface area (TPSA) is 129 Å². The van der Waals surface area contributed by atoms with Crippen LogP contribution in [0.25, 0.3) is 22.2 Å². The number of rotatable bonds is 8. The largest absolute Gasteiger partial charge is 0.495 e. The Hall–Kier alpha value is -3.90. The third-order valence-electron chi connectivity index (χ3n) is 7.06. The fraction of sp³-hybridized carbons (Fsp3) is 0.429. The first-order valence-electron chi connectivity index (χ1n) is 12.6. The maximum atomic E-state index is 13.1. The maximum Gasteiger partial charge on any atom is 0.272 e. The van der Waals surface area contributed by atoms with E-state index in [-0.39, 0.29) is 29.2 Å². The van der Waals surface area contributed by atoms with Crippen LogP contribution in [0, 0.1) is 17.2 Å². The molecule has 1 fully saturated rings. The van der Waals surface area contributed by atoms with Gasteiger partial charge in [0.15, 0.2) is 11.5 Å². The van der Waals surface area contributed by atoms with Crippen molar-refractivity contribution in [3.05, 3.63) is 42.2 Å². The number of anilines is 2. The number of carbonyl (C=O) groups is 1. The van der Waals surface area contributed by atoms with Crippen molar-refractivity contribution in [3.63, 3.8) is 0 Å². The summed E-state index contributed by atoms with van der Waals surface area (Å²) in [6.45, 7) is 2.34. The van der Waals surface area contributed by atoms with Gasteiger partial charge in [-0.3, -0.25) is 4.79 Å². The minimum atomic E-state index is -0.273. The number of ether oxygens (including phenoxy) is 1. The van der Waals surface area contributed by atoms with E-state index in [4.69, 9.17) is 10.5 Å². The number of nitriles is 1. The number of nitrogens with zero attached hydrogens (tertiary/aromatic N) is 4. The third-order valence-corrected chi connectivity index (χ3v) is 7.06. The Morgan fingerprint density at radius 2 is 1.97 bits per heavy atom. The van der Waals surface area contributed by atoms with Crippen molar-refractivity contribution in [1.29, 1.82) is 5.26 Å². The first-order chi connectivity index (χ1) is 17.8. The van der Waals surface area contributed by atoms with E-state index in [1.807, 2.05) is 37.3 Å². The van der Waals surface area contributed by atoms with E-state index >= 15 is 0 Å². The molecule has 2 aromatic carbocycles. The number of nitrogens with two attached hydrogens (primary N) is 1. The predicted octanol–water partition coefficient (Wildman–Crippen LogP) is 4.06. The van der Waals surface area contributed by atoms with Crippen LogP contribution in [0.3, 0.4) is 0 Å². The van der Waals surface area contributed by atoms with Crippen molar-refractivity contribution < 1.29 is 9.53 Å². The quantitative estimate of drug-likeness (QED) is 0.421. The van der Waals surface area contributed by atoms with Gasteiger partial charge in [0.1, 0.15) is 5.75 Å². The molecule has 9 nitrogen and oxygen atoms in total. The van der Waals surface area contributed by atoms with Crippen molar-refractivity contribution in [2.75, 3.05) is 38.8 Å². The number of fused-ring (bicyclic) bond motifs is 1. The average Bonchev–Trinajstić information content (AvgIpc) is 2.91. The molecule has 1 amide bonds. The minimum absolute atomic E-state index is 0.110. The van der Waals surface area contributed by atoms with Crippen LogP contribution in [0.1, 0.15) is 43.1 Å². The van der Waals surface area contributed by atoms with Crippen molar-refractivity contribution in [2.24, 2.45) is 5.92 Å². The lowest BCUT2D eigenvalue weighted by molar-refractivity contribution is 0.0912. The zero-order valence-electron chi connectivity index (χ0n) is 21.9. The molecular weight excluding hydrogens is 466 g/mol. The number of benzene rings is 2. The molecule has 4 rings (SSSR count). The van der Waals surface area contributed by atoms with Crippen molar-refractivity contribution in [1.82, 2.24) is 20.2 Å². The highest BCUT2D eigenvalue weighted by atomic mass is 16.5. The molecule has 0 aliphatic heterocycles. The van der Waals surface area contributed by atoms with Crippen LogP contribution >= 0.6 is 0 Å². The second-order valence-corrected chi connectivity index (χ2v) is 9.93. The number of hydrogen-bond acceptors (Lipinski definition) is 8.